The number of nitrogens with two attached hydrogens (primary N) is 1. The number of nitrogens with one attached hydrogen (secondary N) is 2. The number of hydrogen-bond donors (Lipinski definition) is 3. The summed E-state index contributed by atoms with van der Waals surface area (Å²) in [5, 5.41) is 11.5. The van der Waals surface area contributed by atoms with Gasteiger partial charge in [0.15, 0.2) is 0 Å². The molecular formula is C8H10N6OS. The number of amides is 1. The van der Waals surface area contributed by atoms with Gasteiger partial charge < -0.3 is 11.1 Å². The maximum Gasteiger partial charge on any atom is 0.288 e. The van der Waals surface area contributed by atoms with Gasteiger partial charge in [-0.25, -0.2) is 4.98 Å². The highest BCUT2D eigenvalue weighted by molar-refractivity contribution is 7.09. The number of hydrogen-bond acceptors (Lipinski definition) is 6. The van der Waals surface area contributed by atoms with Gasteiger partial charge in [-0.05, 0) is 6.92 Å². The van der Waals surface area contributed by atoms with E-state index in [0.29, 0.717) is 6.54 Å². The average molecular weight is 238 g/mol. The van der Waals surface area contributed by atoms with Gasteiger partial charge in [0, 0.05) is 5.38 Å². The second kappa shape index (κ2) is 4.27. The second-order valence-corrected chi connectivity index (χ2v) is 4.14. The predicted octanol–water partition coefficient (Wildman–Crippen LogP) is 0.0818. The molecule has 16 heavy (non-hydrogen) atoms. The number of H-pyrrole nitrogens is 1. The third kappa shape index (κ3) is 2.34. The number of rotatable bonds is 3. The summed E-state index contributed by atoms with van der Waals surface area (Å²) in [5.41, 5.74) is 6.11. The number of thiazole rings is 1. The van der Waals surface area contributed by atoms with Gasteiger partial charge in [-0.3, -0.25) is 9.89 Å². The van der Waals surface area contributed by atoms with Crippen molar-refractivity contribution in [1.82, 2.24) is 25.5 Å². The third-order valence-corrected chi connectivity index (χ3v) is 2.64. The molecule has 0 aliphatic carbocycles. The van der Waals surface area contributed by atoms with E-state index in [-0.39, 0.29) is 17.7 Å². The average Bonchev–Trinajstić information content (AvgIpc) is 2.84. The first-order valence-corrected chi connectivity index (χ1v) is 5.40. The number of carbonyl (C=O) groups is 1. The van der Waals surface area contributed by atoms with E-state index in [1.807, 2.05) is 12.3 Å². The summed E-state index contributed by atoms with van der Waals surface area (Å²) in [5.74, 6) is -0.200. The number of carbonyl (C=O) groups excluding carboxylic acids is 1. The molecular weight excluding hydrogens is 228 g/mol. The highest BCUT2D eigenvalue weighted by atomic mass is 32.1. The van der Waals surface area contributed by atoms with Crippen LogP contribution in [-0.4, -0.2) is 26.1 Å². The first-order valence-electron chi connectivity index (χ1n) is 4.52. The SMILES string of the molecule is Cc1nc(CNC(=O)c2nc(N)n[nH]2)cs1. The van der Waals surface area contributed by atoms with Crippen molar-refractivity contribution in [3.63, 3.8) is 0 Å². The molecule has 2 aromatic rings. The van der Waals surface area contributed by atoms with E-state index < -0.39 is 0 Å². The van der Waals surface area contributed by atoms with Crippen LogP contribution in [0, 0.1) is 6.92 Å². The lowest BCUT2D eigenvalue weighted by Crippen LogP contribution is -2.24. The van der Waals surface area contributed by atoms with Gasteiger partial charge >= 0.3 is 0 Å². The zero-order valence-corrected chi connectivity index (χ0v) is 9.34. The van der Waals surface area contributed by atoms with Crippen molar-refractivity contribution < 1.29 is 4.79 Å². The van der Waals surface area contributed by atoms with Crippen LogP contribution in [-0.2, 0) is 6.54 Å². The molecule has 7 nitrogen and oxygen atoms in total. The van der Waals surface area contributed by atoms with Crippen LogP contribution in [0.2, 0.25) is 0 Å². The number of nitrogen functional groups attached to an aromatic ring is 1. The highest BCUT2D eigenvalue weighted by Crippen LogP contribution is 2.07. The Bertz CT molecular complexity index is 504. The molecule has 1 amide bonds. The lowest BCUT2D eigenvalue weighted by atomic mass is 10.4. The summed E-state index contributed by atoms with van der Waals surface area (Å²) in [7, 11) is 0. The lowest BCUT2D eigenvalue weighted by Gasteiger charge is -1.98. The van der Waals surface area contributed by atoms with E-state index >= 15 is 0 Å². The van der Waals surface area contributed by atoms with Crippen LogP contribution in [0.4, 0.5) is 5.95 Å². The monoisotopic (exact) mass is 238 g/mol. The van der Waals surface area contributed by atoms with E-state index in [0.717, 1.165) is 10.7 Å². The maximum atomic E-state index is 11.5. The Morgan fingerprint density at radius 2 is 2.44 bits per heavy atom. The summed E-state index contributed by atoms with van der Waals surface area (Å²) >= 11 is 1.54. The van der Waals surface area contributed by atoms with E-state index in [1.54, 1.807) is 0 Å². The number of anilines is 1. The normalized spacial score (nSPS) is 10.3. The molecule has 0 atom stereocenters. The van der Waals surface area contributed by atoms with Crippen molar-refractivity contribution in [1.29, 1.82) is 0 Å². The molecule has 2 aromatic heterocycles. The molecule has 84 valence electrons. The van der Waals surface area contributed by atoms with Gasteiger partial charge in [-0.1, -0.05) is 0 Å². The van der Waals surface area contributed by atoms with Crippen molar-refractivity contribution >= 4 is 23.2 Å². The van der Waals surface area contributed by atoms with E-state index in [4.69, 9.17) is 5.73 Å². The first kappa shape index (κ1) is 10.6. The Hall–Kier alpha value is -1.96. The second-order valence-electron chi connectivity index (χ2n) is 3.08. The van der Waals surface area contributed by atoms with Crippen molar-refractivity contribution in [2.45, 2.75) is 13.5 Å². The zero-order valence-electron chi connectivity index (χ0n) is 8.52. The molecule has 4 N–H and O–H groups in total. The summed E-state index contributed by atoms with van der Waals surface area (Å²) in [4.78, 5) is 19.4. The first-order chi connectivity index (χ1) is 7.65. The minimum atomic E-state index is -0.352. The van der Waals surface area contributed by atoms with E-state index in [2.05, 4.69) is 25.5 Å². The molecule has 2 rings (SSSR count). The fourth-order valence-corrected chi connectivity index (χ4v) is 1.73. The summed E-state index contributed by atoms with van der Waals surface area (Å²) in [6.07, 6.45) is 0. The van der Waals surface area contributed by atoms with Gasteiger partial charge in [-0.15, -0.1) is 16.4 Å². The summed E-state index contributed by atoms with van der Waals surface area (Å²) in [6.45, 7) is 2.27. The number of aryl methyl sites for hydroxylation is 1. The Labute approximate surface area is 95.1 Å². The minimum Gasteiger partial charge on any atom is -0.366 e. The lowest BCUT2D eigenvalue weighted by molar-refractivity contribution is 0.0940. The molecule has 0 fully saturated rings. The van der Waals surface area contributed by atoms with Gasteiger partial charge in [-0.2, -0.15) is 4.98 Å². The Kier molecular flexibility index (Phi) is 2.82. The molecule has 0 aliphatic heterocycles. The largest absolute Gasteiger partial charge is 0.366 e. The predicted molar refractivity (Wildman–Crippen MR) is 58.8 cm³/mol. The van der Waals surface area contributed by atoms with Crippen LogP contribution in [0.3, 0.4) is 0 Å². The zero-order chi connectivity index (χ0) is 11.5. The molecule has 0 unspecified atom stereocenters. The minimum absolute atomic E-state index is 0.0506. The van der Waals surface area contributed by atoms with Crippen LogP contribution in [0.1, 0.15) is 21.3 Å². The van der Waals surface area contributed by atoms with Crippen molar-refractivity contribution in [3.8, 4) is 0 Å². The van der Waals surface area contributed by atoms with Crippen LogP contribution in [0.15, 0.2) is 5.38 Å². The Balaban J connectivity index is 1.93. The third-order valence-electron chi connectivity index (χ3n) is 1.81. The fraction of sp³-hybridized carbons (Fsp3) is 0.250. The molecule has 8 heteroatoms. The van der Waals surface area contributed by atoms with Crippen LogP contribution in [0.5, 0.6) is 0 Å². The number of aromatic amines is 1. The number of aromatic nitrogens is 4. The molecule has 0 aromatic carbocycles. The van der Waals surface area contributed by atoms with Gasteiger partial charge in [0.1, 0.15) is 0 Å². The topological polar surface area (TPSA) is 110 Å². The molecule has 0 saturated carbocycles. The van der Waals surface area contributed by atoms with Crippen molar-refractivity contribution in [3.05, 3.63) is 21.9 Å². The molecule has 0 bridgehead atoms. The smallest absolute Gasteiger partial charge is 0.288 e. The van der Waals surface area contributed by atoms with Crippen LogP contribution >= 0.6 is 11.3 Å². The Morgan fingerprint density at radius 3 is 3.00 bits per heavy atom. The molecule has 0 radical (unpaired) electrons. The van der Waals surface area contributed by atoms with Crippen LogP contribution in [0.25, 0.3) is 0 Å². The molecule has 0 saturated heterocycles. The quantitative estimate of drug-likeness (QED) is 0.701. The summed E-state index contributed by atoms with van der Waals surface area (Å²) in [6, 6.07) is 0. The molecule has 0 aliphatic rings. The standard InChI is InChI=1S/C8H10N6OS/c1-4-11-5(3-16-4)2-10-7(15)6-12-8(9)14-13-6/h3H,2H2,1H3,(H,10,15)(H3,9,12,13,14). The Morgan fingerprint density at radius 1 is 1.62 bits per heavy atom. The molecule has 0 spiro atoms. The van der Waals surface area contributed by atoms with Crippen molar-refractivity contribution in [2.24, 2.45) is 0 Å². The fourth-order valence-electron chi connectivity index (χ4n) is 1.12. The molecule has 2 heterocycles. The maximum absolute atomic E-state index is 11.5. The van der Waals surface area contributed by atoms with E-state index in [9.17, 15) is 4.79 Å². The summed E-state index contributed by atoms with van der Waals surface area (Å²) < 4.78 is 0. The van der Waals surface area contributed by atoms with E-state index in [1.165, 1.54) is 11.3 Å². The van der Waals surface area contributed by atoms with Gasteiger partial charge in [0.25, 0.3) is 5.91 Å². The van der Waals surface area contributed by atoms with Crippen molar-refractivity contribution in [2.75, 3.05) is 5.73 Å². The highest BCUT2D eigenvalue weighted by Gasteiger charge is 2.10. The van der Waals surface area contributed by atoms with Gasteiger partial charge in [0.2, 0.25) is 11.8 Å². The number of nitrogens with zero attached hydrogens (tertiary/aromatic N) is 3. The van der Waals surface area contributed by atoms with Gasteiger partial charge in [0.05, 0.1) is 17.2 Å². The van der Waals surface area contributed by atoms with Crippen LogP contribution < -0.4 is 11.1 Å².